The van der Waals surface area contributed by atoms with Crippen molar-refractivity contribution in [2.45, 2.75) is 32.3 Å². The molecule has 25 heavy (non-hydrogen) atoms. The molecule has 0 fully saturated rings. The van der Waals surface area contributed by atoms with E-state index in [9.17, 15) is 9.70 Å². The van der Waals surface area contributed by atoms with Crippen molar-refractivity contribution >= 4 is 23.2 Å². The second-order valence-corrected chi connectivity index (χ2v) is 6.40. The standard InChI is InChI=1S/C19H19ClN2O3/c20-18-15-9-5-4-8-14(15)10-16(22-17(23)11-21-24)19(18)25-12-13-6-2-1-3-7-13/h1-3,6-7,10H,4-5,8-9,11-12H2,(H,22,23). The summed E-state index contributed by atoms with van der Waals surface area (Å²) < 4.78 is 5.94. The molecular weight excluding hydrogens is 340 g/mol. The molecule has 0 saturated heterocycles. The smallest absolute Gasteiger partial charge is 0.249 e. The Hall–Kier alpha value is -2.40. The number of anilines is 1. The molecule has 5 nitrogen and oxygen atoms in total. The lowest BCUT2D eigenvalue weighted by Gasteiger charge is -2.22. The summed E-state index contributed by atoms with van der Waals surface area (Å²) in [4.78, 5) is 22.1. The van der Waals surface area contributed by atoms with Crippen LogP contribution >= 0.6 is 11.6 Å². The van der Waals surface area contributed by atoms with E-state index < -0.39 is 12.5 Å². The van der Waals surface area contributed by atoms with Gasteiger partial charge >= 0.3 is 0 Å². The van der Waals surface area contributed by atoms with Crippen LogP contribution in [0.5, 0.6) is 5.75 Å². The average molecular weight is 359 g/mol. The van der Waals surface area contributed by atoms with Gasteiger partial charge in [0.2, 0.25) is 5.91 Å². The van der Waals surface area contributed by atoms with Crippen molar-refractivity contribution in [3.05, 3.63) is 63.0 Å². The van der Waals surface area contributed by atoms with Crippen LogP contribution in [0.25, 0.3) is 0 Å². The van der Waals surface area contributed by atoms with Crippen LogP contribution < -0.4 is 10.1 Å². The number of aryl methyl sites for hydroxylation is 1. The Morgan fingerprint density at radius 3 is 2.72 bits per heavy atom. The van der Waals surface area contributed by atoms with E-state index >= 15 is 0 Å². The van der Waals surface area contributed by atoms with Crippen molar-refractivity contribution in [3.8, 4) is 5.75 Å². The molecule has 3 rings (SSSR count). The number of hydrogen-bond donors (Lipinski definition) is 1. The number of ether oxygens (including phenoxy) is 1. The largest absolute Gasteiger partial charge is 0.485 e. The highest BCUT2D eigenvalue weighted by atomic mass is 35.5. The van der Waals surface area contributed by atoms with Crippen LogP contribution in [0, 0.1) is 4.91 Å². The lowest BCUT2D eigenvalue weighted by atomic mass is 9.91. The van der Waals surface area contributed by atoms with E-state index in [0.29, 0.717) is 23.1 Å². The molecule has 1 aliphatic carbocycles. The quantitative estimate of drug-likeness (QED) is 0.773. The van der Waals surface area contributed by atoms with Gasteiger partial charge in [-0.1, -0.05) is 47.1 Å². The fourth-order valence-corrected chi connectivity index (χ4v) is 3.42. The van der Waals surface area contributed by atoms with E-state index in [1.54, 1.807) is 0 Å². The van der Waals surface area contributed by atoms with E-state index in [0.717, 1.165) is 42.4 Å². The van der Waals surface area contributed by atoms with Gasteiger partial charge in [0.05, 0.1) is 10.7 Å². The van der Waals surface area contributed by atoms with Gasteiger partial charge in [0, 0.05) is 0 Å². The zero-order valence-corrected chi connectivity index (χ0v) is 14.5. The van der Waals surface area contributed by atoms with Crippen LogP contribution in [0.1, 0.15) is 29.5 Å². The van der Waals surface area contributed by atoms with E-state index in [4.69, 9.17) is 16.3 Å². The third kappa shape index (κ3) is 4.17. The number of benzene rings is 2. The van der Waals surface area contributed by atoms with Crippen LogP contribution in [-0.2, 0) is 24.2 Å². The topological polar surface area (TPSA) is 67.8 Å². The van der Waals surface area contributed by atoms with Crippen LogP contribution in [0.4, 0.5) is 5.69 Å². The summed E-state index contributed by atoms with van der Waals surface area (Å²) in [5, 5.41) is 5.87. The predicted octanol–water partition coefficient (Wildman–Crippen LogP) is 4.50. The van der Waals surface area contributed by atoms with Crippen LogP contribution in [0.2, 0.25) is 5.02 Å². The number of nitrogens with zero attached hydrogens (tertiary/aromatic N) is 1. The molecular formula is C19H19ClN2O3. The van der Waals surface area contributed by atoms with Crippen molar-refractivity contribution in [2.75, 3.05) is 11.9 Å². The maximum atomic E-state index is 11.8. The van der Waals surface area contributed by atoms with Gasteiger partial charge in [-0.05, 0) is 48.4 Å². The average Bonchev–Trinajstić information content (AvgIpc) is 2.62. The SMILES string of the molecule is O=NCC(=O)Nc1cc2c(c(Cl)c1OCc1ccccc1)CCCC2. The van der Waals surface area contributed by atoms with Gasteiger partial charge in [0.25, 0.3) is 0 Å². The molecule has 0 aromatic heterocycles. The minimum Gasteiger partial charge on any atom is -0.485 e. The number of fused-ring (bicyclic) bond motifs is 1. The van der Waals surface area contributed by atoms with Crippen LogP contribution in [0.3, 0.4) is 0 Å². The molecule has 1 aliphatic rings. The van der Waals surface area contributed by atoms with Crippen molar-refractivity contribution in [1.29, 1.82) is 0 Å². The number of rotatable bonds is 6. The summed E-state index contributed by atoms with van der Waals surface area (Å²) in [7, 11) is 0. The molecule has 0 atom stereocenters. The first-order valence-corrected chi connectivity index (χ1v) is 8.66. The monoisotopic (exact) mass is 358 g/mol. The van der Waals surface area contributed by atoms with Crippen molar-refractivity contribution in [3.63, 3.8) is 0 Å². The molecule has 0 spiro atoms. The van der Waals surface area contributed by atoms with Gasteiger partial charge in [0.15, 0.2) is 12.3 Å². The molecule has 0 bridgehead atoms. The van der Waals surface area contributed by atoms with E-state index in [-0.39, 0.29) is 0 Å². The molecule has 0 saturated carbocycles. The van der Waals surface area contributed by atoms with E-state index in [1.807, 2.05) is 36.4 Å². The Kier molecular flexibility index (Phi) is 5.66. The van der Waals surface area contributed by atoms with Crippen LogP contribution in [-0.4, -0.2) is 12.5 Å². The van der Waals surface area contributed by atoms with Gasteiger partial charge in [0.1, 0.15) is 6.61 Å². The summed E-state index contributed by atoms with van der Waals surface area (Å²) in [6, 6.07) is 11.6. The summed E-state index contributed by atoms with van der Waals surface area (Å²) in [6.07, 6.45) is 4.01. The first-order valence-electron chi connectivity index (χ1n) is 8.29. The number of hydrogen-bond acceptors (Lipinski definition) is 4. The maximum Gasteiger partial charge on any atom is 0.249 e. The molecule has 1 amide bonds. The normalized spacial score (nSPS) is 13.0. The fraction of sp³-hybridized carbons (Fsp3) is 0.316. The van der Waals surface area contributed by atoms with Gasteiger partial charge in [-0.3, -0.25) is 4.79 Å². The maximum absolute atomic E-state index is 11.8. The van der Waals surface area contributed by atoms with Gasteiger partial charge < -0.3 is 10.1 Å². The zero-order chi connectivity index (χ0) is 17.6. The molecule has 130 valence electrons. The summed E-state index contributed by atoms with van der Waals surface area (Å²) in [5.74, 6) is -0.0307. The third-order valence-electron chi connectivity index (χ3n) is 4.25. The van der Waals surface area contributed by atoms with E-state index in [2.05, 4.69) is 10.5 Å². The minimum absolute atomic E-state index is 0.341. The Bertz CT molecular complexity index is 778. The third-order valence-corrected chi connectivity index (χ3v) is 4.65. The Morgan fingerprint density at radius 2 is 1.96 bits per heavy atom. The second-order valence-electron chi connectivity index (χ2n) is 6.02. The van der Waals surface area contributed by atoms with Crippen molar-refractivity contribution < 1.29 is 9.53 Å². The molecule has 0 unspecified atom stereocenters. The zero-order valence-electron chi connectivity index (χ0n) is 13.8. The summed E-state index contributed by atoms with van der Waals surface area (Å²) in [6.45, 7) is -0.0963. The molecule has 2 aromatic rings. The van der Waals surface area contributed by atoms with Gasteiger partial charge in [-0.2, -0.15) is 4.91 Å². The molecule has 0 heterocycles. The van der Waals surface area contributed by atoms with Gasteiger partial charge in [-0.25, -0.2) is 0 Å². The Labute approximate surface area is 151 Å². The lowest BCUT2D eigenvalue weighted by molar-refractivity contribution is -0.114. The lowest BCUT2D eigenvalue weighted by Crippen LogP contribution is -2.17. The number of halogens is 1. The van der Waals surface area contributed by atoms with Crippen LogP contribution in [0.15, 0.2) is 41.6 Å². The molecule has 2 aromatic carbocycles. The number of nitrogens with one attached hydrogen (secondary N) is 1. The number of amides is 1. The highest BCUT2D eigenvalue weighted by Crippen LogP contribution is 2.41. The molecule has 6 heteroatoms. The first kappa shape index (κ1) is 17.4. The van der Waals surface area contributed by atoms with E-state index in [1.165, 1.54) is 0 Å². The summed E-state index contributed by atoms with van der Waals surface area (Å²) in [5.41, 5.74) is 3.71. The van der Waals surface area contributed by atoms with Crippen molar-refractivity contribution in [2.24, 2.45) is 5.18 Å². The Morgan fingerprint density at radius 1 is 1.20 bits per heavy atom. The number of carbonyl (C=O) groups excluding carboxylic acids is 1. The number of carbonyl (C=O) groups is 1. The second kappa shape index (κ2) is 8.12. The number of nitroso groups, excluding NO2 is 1. The minimum atomic E-state index is -0.480. The fourth-order valence-electron chi connectivity index (χ4n) is 3.05. The summed E-state index contributed by atoms with van der Waals surface area (Å²) >= 11 is 6.60. The highest BCUT2D eigenvalue weighted by Gasteiger charge is 2.21. The highest BCUT2D eigenvalue weighted by molar-refractivity contribution is 6.33. The molecule has 0 radical (unpaired) electrons. The predicted molar refractivity (Wildman–Crippen MR) is 98.2 cm³/mol. The van der Waals surface area contributed by atoms with Gasteiger partial charge in [-0.15, -0.1) is 0 Å². The van der Waals surface area contributed by atoms with Crippen molar-refractivity contribution in [1.82, 2.24) is 0 Å². The Balaban J connectivity index is 1.91. The molecule has 1 N–H and O–H groups in total. The molecule has 0 aliphatic heterocycles. The first-order chi connectivity index (χ1) is 12.2.